The number of hydrogen-bond donors (Lipinski definition) is 2. The molecule has 46 valence electrons. The van der Waals surface area contributed by atoms with Gasteiger partial charge in [0.1, 0.15) is 0 Å². The highest BCUT2D eigenvalue weighted by atomic mass is 15.1. The van der Waals surface area contributed by atoms with Crippen molar-refractivity contribution in [3.8, 4) is 0 Å². The van der Waals surface area contributed by atoms with Crippen LogP contribution in [0.3, 0.4) is 0 Å². The average Bonchev–Trinajstić information content (AvgIpc) is 2.19. The summed E-state index contributed by atoms with van der Waals surface area (Å²) < 4.78 is 0. The third-order valence-corrected chi connectivity index (χ3v) is 1.24. The quantitative estimate of drug-likeness (QED) is 0.499. The summed E-state index contributed by atoms with van der Waals surface area (Å²) in [6.45, 7) is 1.65. The third-order valence-electron chi connectivity index (χ3n) is 1.24. The maximum Gasteiger partial charge on any atom is 0.0827 e. The van der Waals surface area contributed by atoms with Gasteiger partial charge in [0.2, 0.25) is 0 Å². The van der Waals surface area contributed by atoms with Gasteiger partial charge in [-0.15, -0.1) is 0 Å². The Bertz CT molecular complexity index is 81.7. The van der Waals surface area contributed by atoms with Crippen molar-refractivity contribution in [3.63, 3.8) is 0 Å². The van der Waals surface area contributed by atoms with E-state index in [-0.39, 0.29) is 0 Å². The summed E-state index contributed by atoms with van der Waals surface area (Å²) in [5.41, 5.74) is 5.31. The number of nitrogens with two attached hydrogens (primary N) is 1. The van der Waals surface area contributed by atoms with E-state index in [1.54, 1.807) is 6.34 Å². The second-order valence-electron chi connectivity index (χ2n) is 1.94. The van der Waals surface area contributed by atoms with Crippen LogP contribution in [0.2, 0.25) is 0 Å². The number of aliphatic imine (C=N–C) groups is 1. The minimum absolute atomic E-state index is 0.514. The smallest absolute Gasteiger partial charge is 0.0827 e. The van der Waals surface area contributed by atoms with Crippen LogP contribution in [0.4, 0.5) is 0 Å². The van der Waals surface area contributed by atoms with Crippen molar-refractivity contribution in [1.29, 1.82) is 0 Å². The van der Waals surface area contributed by atoms with Crippen LogP contribution in [0.5, 0.6) is 0 Å². The molecule has 1 aliphatic heterocycles. The van der Waals surface area contributed by atoms with Gasteiger partial charge in [-0.1, -0.05) is 0 Å². The van der Waals surface area contributed by atoms with Gasteiger partial charge in [-0.2, -0.15) is 0 Å². The minimum Gasteiger partial charge on any atom is -0.372 e. The van der Waals surface area contributed by atoms with E-state index in [0.717, 1.165) is 19.5 Å². The Morgan fingerprint density at radius 1 is 1.88 bits per heavy atom. The normalized spacial score (nSPS) is 25.9. The fraction of sp³-hybridized carbons (Fsp3) is 0.800. The Balaban J connectivity index is 2.10. The molecule has 3 heteroatoms. The molecule has 0 saturated carbocycles. The van der Waals surface area contributed by atoms with Crippen LogP contribution in [0, 0.1) is 0 Å². The van der Waals surface area contributed by atoms with Crippen molar-refractivity contribution in [2.45, 2.75) is 12.5 Å². The van der Waals surface area contributed by atoms with E-state index in [1.807, 2.05) is 0 Å². The van der Waals surface area contributed by atoms with Crippen molar-refractivity contribution < 1.29 is 0 Å². The molecule has 1 rings (SSSR count). The van der Waals surface area contributed by atoms with E-state index in [2.05, 4.69) is 10.3 Å². The summed E-state index contributed by atoms with van der Waals surface area (Å²) in [6.07, 6.45) is 2.78. The maximum absolute atomic E-state index is 5.31. The van der Waals surface area contributed by atoms with Gasteiger partial charge in [-0.05, 0) is 13.0 Å². The Hall–Kier alpha value is -0.570. The second-order valence-corrected chi connectivity index (χ2v) is 1.94. The van der Waals surface area contributed by atoms with Crippen molar-refractivity contribution in [2.24, 2.45) is 10.7 Å². The zero-order chi connectivity index (χ0) is 5.82. The number of rotatable bonds is 2. The molecular formula is C5H11N3. The molecule has 1 atom stereocenters. The van der Waals surface area contributed by atoms with Crippen LogP contribution in [-0.4, -0.2) is 25.5 Å². The molecule has 0 fully saturated rings. The molecule has 0 aromatic heterocycles. The van der Waals surface area contributed by atoms with Gasteiger partial charge >= 0.3 is 0 Å². The van der Waals surface area contributed by atoms with Crippen molar-refractivity contribution in [2.75, 3.05) is 13.1 Å². The molecule has 0 aliphatic carbocycles. The van der Waals surface area contributed by atoms with E-state index < -0.39 is 0 Å². The van der Waals surface area contributed by atoms with E-state index >= 15 is 0 Å². The first-order valence-electron chi connectivity index (χ1n) is 2.88. The molecule has 3 N–H and O–H groups in total. The Morgan fingerprint density at radius 2 is 2.75 bits per heavy atom. The van der Waals surface area contributed by atoms with Gasteiger partial charge in [0.25, 0.3) is 0 Å². The maximum atomic E-state index is 5.31. The number of nitrogens with one attached hydrogen (secondary N) is 1. The Kier molecular flexibility index (Phi) is 1.86. The first kappa shape index (κ1) is 5.56. The highest BCUT2D eigenvalue weighted by Crippen LogP contribution is 1.93. The summed E-state index contributed by atoms with van der Waals surface area (Å²) in [6, 6.07) is 0.514. The Labute approximate surface area is 49.0 Å². The summed E-state index contributed by atoms with van der Waals surface area (Å²) in [5, 5.41) is 3.09. The molecule has 1 aliphatic rings. The van der Waals surface area contributed by atoms with Crippen LogP contribution in [0.1, 0.15) is 6.42 Å². The summed E-state index contributed by atoms with van der Waals surface area (Å²) in [4.78, 5) is 3.99. The molecule has 8 heavy (non-hydrogen) atoms. The van der Waals surface area contributed by atoms with Crippen molar-refractivity contribution in [3.05, 3.63) is 0 Å². The topological polar surface area (TPSA) is 50.4 Å². The zero-order valence-corrected chi connectivity index (χ0v) is 4.80. The first-order chi connectivity index (χ1) is 3.93. The molecule has 0 spiro atoms. The van der Waals surface area contributed by atoms with Crippen LogP contribution in [0.15, 0.2) is 4.99 Å². The second kappa shape index (κ2) is 2.67. The lowest BCUT2D eigenvalue weighted by Crippen LogP contribution is -2.27. The van der Waals surface area contributed by atoms with Crippen LogP contribution < -0.4 is 11.1 Å². The van der Waals surface area contributed by atoms with E-state index in [9.17, 15) is 0 Å². The summed E-state index contributed by atoms with van der Waals surface area (Å²) in [7, 11) is 0. The Morgan fingerprint density at radius 3 is 3.25 bits per heavy atom. The zero-order valence-electron chi connectivity index (χ0n) is 4.80. The predicted molar refractivity (Wildman–Crippen MR) is 34.0 cm³/mol. The van der Waals surface area contributed by atoms with Gasteiger partial charge in [0.05, 0.1) is 12.9 Å². The molecule has 0 aromatic carbocycles. The molecule has 0 saturated heterocycles. The first-order valence-corrected chi connectivity index (χ1v) is 2.88. The average molecular weight is 113 g/mol. The molecule has 0 amide bonds. The van der Waals surface area contributed by atoms with Gasteiger partial charge in [0, 0.05) is 6.04 Å². The largest absolute Gasteiger partial charge is 0.372 e. The molecule has 0 radical (unpaired) electrons. The molecular weight excluding hydrogens is 102 g/mol. The fourth-order valence-corrected chi connectivity index (χ4v) is 0.767. The lowest BCUT2D eigenvalue weighted by molar-refractivity contribution is 0.612. The molecule has 0 bridgehead atoms. The van der Waals surface area contributed by atoms with Crippen LogP contribution >= 0.6 is 0 Å². The molecule has 1 heterocycles. The molecule has 0 aromatic rings. The van der Waals surface area contributed by atoms with Gasteiger partial charge in [0.15, 0.2) is 0 Å². The highest BCUT2D eigenvalue weighted by Gasteiger charge is 2.06. The van der Waals surface area contributed by atoms with E-state index in [1.165, 1.54) is 0 Å². The van der Waals surface area contributed by atoms with Crippen molar-refractivity contribution in [1.82, 2.24) is 5.32 Å². The van der Waals surface area contributed by atoms with Crippen molar-refractivity contribution >= 4 is 6.34 Å². The number of hydrogen-bond acceptors (Lipinski definition) is 3. The molecule has 3 nitrogen and oxygen atoms in total. The fourth-order valence-electron chi connectivity index (χ4n) is 0.767. The lowest BCUT2D eigenvalue weighted by atomic mass is 10.2. The summed E-state index contributed by atoms with van der Waals surface area (Å²) >= 11 is 0. The number of nitrogens with zero attached hydrogens (tertiary/aromatic N) is 1. The SMILES string of the molecule is NCC[C@@H]1CN=CN1. The summed E-state index contributed by atoms with van der Waals surface area (Å²) in [5.74, 6) is 0. The molecule has 0 unspecified atom stereocenters. The predicted octanol–water partition coefficient (Wildman–Crippen LogP) is -0.665. The standard InChI is InChI=1S/C5H11N3/c6-2-1-5-3-7-4-8-5/h4-5H,1-3,6H2,(H,7,8)/t5-/m1/s1. The minimum atomic E-state index is 0.514. The van der Waals surface area contributed by atoms with E-state index in [0.29, 0.717) is 6.04 Å². The van der Waals surface area contributed by atoms with Crippen LogP contribution in [0.25, 0.3) is 0 Å². The lowest BCUT2D eigenvalue weighted by Gasteiger charge is -2.04. The van der Waals surface area contributed by atoms with Gasteiger partial charge in [-0.3, -0.25) is 4.99 Å². The van der Waals surface area contributed by atoms with Gasteiger partial charge < -0.3 is 11.1 Å². The highest BCUT2D eigenvalue weighted by molar-refractivity contribution is 5.57. The monoisotopic (exact) mass is 113 g/mol. The van der Waals surface area contributed by atoms with Crippen LogP contribution in [-0.2, 0) is 0 Å². The van der Waals surface area contributed by atoms with Gasteiger partial charge in [-0.25, -0.2) is 0 Å². The van der Waals surface area contributed by atoms with E-state index in [4.69, 9.17) is 5.73 Å². The third kappa shape index (κ3) is 1.20.